The van der Waals surface area contributed by atoms with E-state index in [0.717, 1.165) is 6.42 Å². The van der Waals surface area contributed by atoms with Crippen molar-refractivity contribution in [2.75, 3.05) is 0 Å². The Morgan fingerprint density at radius 3 is 2.14 bits per heavy atom. The molecule has 1 aromatic rings. The second kappa shape index (κ2) is 6.04. The summed E-state index contributed by atoms with van der Waals surface area (Å²) in [7, 11) is 0. The first kappa shape index (κ1) is 16.4. The largest absolute Gasteiger partial charge is 0.327 e. The first-order valence-corrected chi connectivity index (χ1v) is 7.90. The van der Waals surface area contributed by atoms with Crippen molar-refractivity contribution in [2.45, 2.75) is 70.3 Å². The molecule has 1 aromatic carbocycles. The molecule has 1 fully saturated rings. The predicted molar refractivity (Wildman–Crippen MR) is 83.7 cm³/mol. The van der Waals surface area contributed by atoms with E-state index in [0.29, 0.717) is 12.8 Å². The van der Waals surface area contributed by atoms with Crippen LogP contribution in [0.3, 0.4) is 0 Å². The minimum absolute atomic E-state index is 0.00563. The van der Waals surface area contributed by atoms with Crippen molar-refractivity contribution < 1.29 is 8.78 Å². The first-order valence-electron chi connectivity index (χ1n) is 7.90. The molecule has 2 N–H and O–H groups in total. The summed E-state index contributed by atoms with van der Waals surface area (Å²) in [6.45, 7) is 6.57. The number of halogens is 2. The van der Waals surface area contributed by atoms with Gasteiger partial charge in [-0.1, -0.05) is 45.0 Å². The van der Waals surface area contributed by atoms with Crippen molar-refractivity contribution in [3.05, 3.63) is 35.4 Å². The molecule has 0 saturated heterocycles. The fourth-order valence-corrected chi connectivity index (χ4v) is 3.07. The maximum Gasteiger partial charge on any atom is 0.248 e. The third-order valence-electron chi connectivity index (χ3n) is 4.66. The van der Waals surface area contributed by atoms with Crippen LogP contribution < -0.4 is 5.73 Å². The highest BCUT2D eigenvalue weighted by atomic mass is 19.3. The normalized spacial score (nSPS) is 21.2. The average molecular weight is 295 g/mol. The molecule has 2 rings (SSSR count). The van der Waals surface area contributed by atoms with Gasteiger partial charge in [-0.15, -0.1) is 0 Å². The lowest BCUT2D eigenvalue weighted by Crippen LogP contribution is -2.37. The van der Waals surface area contributed by atoms with E-state index >= 15 is 0 Å². The topological polar surface area (TPSA) is 26.0 Å². The minimum Gasteiger partial charge on any atom is -0.327 e. The summed E-state index contributed by atoms with van der Waals surface area (Å²) in [6.07, 6.45) is 1.87. The Kier molecular flexibility index (Phi) is 4.72. The van der Waals surface area contributed by atoms with Crippen LogP contribution in [0.5, 0.6) is 0 Å². The molecule has 1 atom stereocenters. The van der Waals surface area contributed by atoms with Crippen LogP contribution in [0.2, 0.25) is 0 Å². The van der Waals surface area contributed by atoms with E-state index in [1.807, 2.05) is 0 Å². The molecule has 118 valence electrons. The molecule has 0 heterocycles. The van der Waals surface area contributed by atoms with Gasteiger partial charge in [-0.25, -0.2) is 8.78 Å². The van der Waals surface area contributed by atoms with Crippen LogP contribution >= 0.6 is 0 Å². The Hall–Kier alpha value is -0.960. The summed E-state index contributed by atoms with van der Waals surface area (Å²) in [6, 6.07) is 8.53. The zero-order chi connectivity index (χ0) is 15.7. The van der Waals surface area contributed by atoms with E-state index < -0.39 is 5.92 Å². The second-order valence-corrected chi connectivity index (χ2v) is 7.51. The molecule has 21 heavy (non-hydrogen) atoms. The standard InChI is InChI=1S/C18H27F2N/c1-17(2,3)15-6-4-13(5-7-15)12-16(21)14-8-10-18(19,20)11-9-14/h4-7,14,16H,8-12,21H2,1-3H3. The monoisotopic (exact) mass is 295 g/mol. The van der Waals surface area contributed by atoms with Gasteiger partial charge in [0.1, 0.15) is 0 Å². The zero-order valence-electron chi connectivity index (χ0n) is 13.3. The van der Waals surface area contributed by atoms with E-state index in [1.165, 1.54) is 11.1 Å². The van der Waals surface area contributed by atoms with Crippen LogP contribution in [0.25, 0.3) is 0 Å². The molecule has 1 saturated carbocycles. The molecule has 1 aliphatic carbocycles. The van der Waals surface area contributed by atoms with Crippen molar-refractivity contribution in [3.63, 3.8) is 0 Å². The molecule has 0 radical (unpaired) electrons. The molecule has 3 heteroatoms. The van der Waals surface area contributed by atoms with Crippen LogP contribution in [0.4, 0.5) is 8.78 Å². The maximum atomic E-state index is 13.2. The molecule has 1 unspecified atom stereocenters. The SMILES string of the molecule is CC(C)(C)c1ccc(CC(N)C2CCC(F)(F)CC2)cc1. The third-order valence-corrected chi connectivity index (χ3v) is 4.66. The number of benzene rings is 1. The zero-order valence-corrected chi connectivity index (χ0v) is 13.3. The number of hydrogen-bond acceptors (Lipinski definition) is 1. The number of rotatable bonds is 3. The van der Waals surface area contributed by atoms with Crippen molar-refractivity contribution in [3.8, 4) is 0 Å². The van der Waals surface area contributed by atoms with E-state index in [9.17, 15) is 8.78 Å². The second-order valence-electron chi connectivity index (χ2n) is 7.51. The summed E-state index contributed by atoms with van der Waals surface area (Å²) >= 11 is 0. The van der Waals surface area contributed by atoms with Gasteiger partial charge in [-0.2, -0.15) is 0 Å². The quantitative estimate of drug-likeness (QED) is 0.861. The van der Waals surface area contributed by atoms with Gasteiger partial charge in [0, 0.05) is 18.9 Å². The Labute approximate surface area is 126 Å². The lowest BCUT2D eigenvalue weighted by Gasteiger charge is -2.32. The number of nitrogens with two attached hydrogens (primary N) is 1. The Bertz CT molecular complexity index is 449. The Balaban J connectivity index is 1.92. The Morgan fingerprint density at radius 1 is 1.14 bits per heavy atom. The molecule has 0 aromatic heterocycles. The fraction of sp³-hybridized carbons (Fsp3) is 0.667. The Morgan fingerprint density at radius 2 is 1.67 bits per heavy atom. The van der Waals surface area contributed by atoms with Gasteiger partial charge in [0.05, 0.1) is 0 Å². The van der Waals surface area contributed by atoms with Crippen LogP contribution in [-0.2, 0) is 11.8 Å². The van der Waals surface area contributed by atoms with Gasteiger partial charge >= 0.3 is 0 Å². The lowest BCUT2D eigenvalue weighted by molar-refractivity contribution is -0.0481. The van der Waals surface area contributed by atoms with Gasteiger partial charge in [-0.05, 0) is 41.7 Å². The van der Waals surface area contributed by atoms with E-state index in [1.54, 1.807) is 0 Å². The van der Waals surface area contributed by atoms with Crippen molar-refractivity contribution in [2.24, 2.45) is 11.7 Å². The summed E-state index contributed by atoms with van der Waals surface area (Å²) in [5.41, 5.74) is 8.90. The summed E-state index contributed by atoms with van der Waals surface area (Å²) in [4.78, 5) is 0. The van der Waals surface area contributed by atoms with Crippen LogP contribution in [-0.4, -0.2) is 12.0 Å². The highest BCUT2D eigenvalue weighted by Gasteiger charge is 2.36. The van der Waals surface area contributed by atoms with Crippen LogP contribution in [0.15, 0.2) is 24.3 Å². The molecular formula is C18H27F2N. The van der Waals surface area contributed by atoms with Gasteiger partial charge in [-0.3, -0.25) is 0 Å². The van der Waals surface area contributed by atoms with Crippen LogP contribution in [0, 0.1) is 5.92 Å². The summed E-state index contributed by atoms with van der Waals surface area (Å²) in [5.74, 6) is -2.24. The number of alkyl halides is 2. The molecule has 0 aliphatic heterocycles. The van der Waals surface area contributed by atoms with Gasteiger partial charge in [0.15, 0.2) is 0 Å². The van der Waals surface area contributed by atoms with Crippen molar-refractivity contribution >= 4 is 0 Å². The van der Waals surface area contributed by atoms with E-state index in [-0.39, 0.29) is 30.2 Å². The molecule has 0 bridgehead atoms. The highest BCUT2D eigenvalue weighted by molar-refractivity contribution is 5.28. The molecule has 0 spiro atoms. The van der Waals surface area contributed by atoms with Crippen molar-refractivity contribution in [1.29, 1.82) is 0 Å². The minimum atomic E-state index is -2.47. The van der Waals surface area contributed by atoms with E-state index in [4.69, 9.17) is 5.73 Å². The number of hydrogen-bond donors (Lipinski definition) is 1. The lowest BCUT2D eigenvalue weighted by atomic mass is 9.80. The fourth-order valence-electron chi connectivity index (χ4n) is 3.07. The maximum absolute atomic E-state index is 13.2. The average Bonchev–Trinajstić information content (AvgIpc) is 2.38. The summed E-state index contributed by atoms with van der Waals surface area (Å²) < 4.78 is 26.4. The predicted octanol–water partition coefficient (Wildman–Crippen LogP) is 4.68. The highest BCUT2D eigenvalue weighted by Crippen LogP contribution is 2.37. The van der Waals surface area contributed by atoms with E-state index in [2.05, 4.69) is 45.0 Å². The third kappa shape index (κ3) is 4.50. The molecule has 1 aliphatic rings. The molecular weight excluding hydrogens is 268 g/mol. The summed E-state index contributed by atoms with van der Waals surface area (Å²) in [5, 5.41) is 0. The van der Waals surface area contributed by atoms with Crippen LogP contribution in [0.1, 0.15) is 57.6 Å². The van der Waals surface area contributed by atoms with Crippen molar-refractivity contribution in [1.82, 2.24) is 0 Å². The van der Waals surface area contributed by atoms with Gasteiger partial charge in [0.25, 0.3) is 0 Å². The van der Waals surface area contributed by atoms with Gasteiger partial charge in [0.2, 0.25) is 5.92 Å². The smallest absolute Gasteiger partial charge is 0.248 e. The first-order chi connectivity index (χ1) is 9.67. The van der Waals surface area contributed by atoms with Gasteiger partial charge < -0.3 is 5.73 Å². The molecule has 1 nitrogen and oxygen atoms in total. The molecule has 0 amide bonds.